The molecule has 0 aromatic rings. The third-order valence-electron chi connectivity index (χ3n) is 6.11. The normalized spacial score (nSPS) is 49.6. The van der Waals surface area contributed by atoms with Gasteiger partial charge in [0.15, 0.2) is 11.9 Å². The first kappa shape index (κ1) is 16.7. The summed E-state index contributed by atoms with van der Waals surface area (Å²) >= 11 is 0. The predicted octanol–water partition coefficient (Wildman–Crippen LogP) is 4.43. The van der Waals surface area contributed by atoms with Gasteiger partial charge in [0, 0.05) is 6.42 Å². The molecule has 2 bridgehead atoms. The van der Waals surface area contributed by atoms with E-state index >= 15 is 0 Å². The van der Waals surface area contributed by atoms with Gasteiger partial charge in [0.25, 0.3) is 0 Å². The van der Waals surface area contributed by atoms with Crippen molar-refractivity contribution in [2.24, 2.45) is 17.8 Å². The molecule has 5 aliphatic rings. The minimum absolute atomic E-state index is 0.231. The van der Waals surface area contributed by atoms with Crippen LogP contribution in [0.25, 0.3) is 0 Å². The Kier molecular flexibility index (Phi) is 4.84. The molecule has 0 N–H and O–H groups in total. The third-order valence-corrected chi connectivity index (χ3v) is 6.11. The predicted molar refractivity (Wildman–Crippen MR) is 83.9 cm³/mol. The molecule has 6 atom stereocenters. The average molecular weight is 312 g/mol. The molecule has 0 amide bonds. The number of unbranched alkanes of at least 4 members (excludes halogenated alkanes) is 1. The van der Waals surface area contributed by atoms with Crippen LogP contribution in [0.2, 0.25) is 0 Å². The molecule has 0 aromatic carbocycles. The second kappa shape index (κ2) is 6.39. The van der Waals surface area contributed by atoms with Gasteiger partial charge in [-0.1, -0.05) is 33.6 Å². The highest BCUT2D eigenvalue weighted by Crippen LogP contribution is 2.58. The van der Waals surface area contributed by atoms with Crippen LogP contribution in [0.4, 0.5) is 0 Å². The van der Waals surface area contributed by atoms with E-state index in [1.165, 1.54) is 25.7 Å². The van der Waals surface area contributed by atoms with E-state index in [-0.39, 0.29) is 11.9 Å². The molecule has 5 fully saturated rings. The summed E-state index contributed by atoms with van der Waals surface area (Å²) in [5.74, 6) is 1.08. The molecule has 1 saturated carbocycles. The first-order chi connectivity index (χ1) is 10.6. The van der Waals surface area contributed by atoms with Crippen molar-refractivity contribution < 1.29 is 19.2 Å². The smallest absolute Gasteiger partial charge is 0.201 e. The quantitative estimate of drug-likeness (QED) is 0.671. The van der Waals surface area contributed by atoms with Crippen molar-refractivity contribution in [3.63, 3.8) is 0 Å². The Morgan fingerprint density at radius 1 is 1.00 bits per heavy atom. The van der Waals surface area contributed by atoms with E-state index in [4.69, 9.17) is 19.2 Å². The third kappa shape index (κ3) is 2.62. The molecule has 4 heterocycles. The summed E-state index contributed by atoms with van der Waals surface area (Å²) < 4.78 is 12.0. The topological polar surface area (TPSA) is 36.9 Å². The van der Waals surface area contributed by atoms with Gasteiger partial charge >= 0.3 is 0 Å². The zero-order chi connectivity index (χ0) is 15.8. The van der Waals surface area contributed by atoms with Gasteiger partial charge < -0.3 is 9.47 Å². The molecule has 0 radical (unpaired) electrons. The minimum Gasteiger partial charge on any atom is -0.349 e. The Labute approximate surface area is 134 Å². The van der Waals surface area contributed by atoms with Crippen molar-refractivity contribution in [2.45, 2.75) is 90.3 Å². The number of hydrogen-bond acceptors (Lipinski definition) is 4. The van der Waals surface area contributed by atoms with Crippen LogP contribution in [-0.2, 0) is 19.2 Å². The average Bonchev–Trinajstić information content (AvgIpc) is 2.76. The van der Waals surface area contributed by atoms with Crippen molar-refractivity contribution in [2.75, 3.05) is 6.61 Å². The van der Waals surface area contributed by atoms with E-state index < -0.39 is 5.79 Å². The summed E-state index contributed by atoms with van der Waals surface area (Å²) in [6.45, 7) is 9.46. The van der Waals surface area contributed by atoms with Crippen LogP contribution in [-0.4, -0.2) is 24.3 Å². The summed E-state index contributed by atoms with van der Waals surface area (Å²) in [6, 6.07) is 0. The van der Waals surface area contributed by atoms with Crippen molar-refractivity contribution in [1.29, 1.82) is 0 Å². The SMILES string of the molecule is CC1CCC2CCOC3OC4(C)CCC1C23OO4.CCCC. The monoisotopic (exact) mass is 312 g/mol. The Morgan fingerprint density at radius 3 is 2.50 bits per heavy atom. The van der Waals surface area contributed by atoms with Crippen molar-refractivity contribution in [3.05, 3.63) is 0 Å². The first-order valence-corrected chi connectivity index (χ1v) is 9.22. The summed E-state index contributed by atoms with van der Waals surface area (Å²) in [6.07, 6.45) is 8.00. The second-order valence-electron chi connectivity index (χ2n) is 7.66. The lowest BCUT2D eigenvalue weighted by atomic mass is 9.61. The van der Waals surface area contributed by atoms with Gasteiger partial charge in [-0.2, -0.15) is 0 Å². The lowest BCUT2D eigenvalue weighted by molar-refractivity contribution is -0.564. The maximum absolute atomic E-state index is 6.11. The van der Waals surface area contributed by atoms with Crippen LogP contribution in [0, 0.1) is 17.8 Å². The highest BCUT2D eigenvalue weighted by Gasteiger charge is 2.66. The fourth-order valence-corrected chi connectivity index (χ4v) is 4.55. The Hall–Kier alpha value is -0.160. The first-order valence-electron chi connectivity index (χ1n) is 9.22. The lowest BCUT2D eigenvalue weighted by Crippen LogP contribution is -2.67. The molecule has 1 aliphatic carbocycles. The van der Waals surface area contributed by atoms with Gasteiger partial charge in [-0.05, 0) is 50.4 Å². The van der Waals surface area contributed by atoms with Gasteiger partial charge in [0.1, 0.15) is 0 Å². The van der Waals surface area contributed by atoms with Gasteiger partial charge in [-0.15, -0.1) is 0 Å². The van der Waals surface area contributed by atoms with Crippen molar-refractivity contribution in [1.82, 2.24) is 0 Å². The second-order valence-corrected chi connectivity index (χ2v) is 7.66. The molecule has 5 rings (SSSR count). The number of hydrogen-bond donors (Lipinski definition) is 0. The zero-order valence-electron chi connectivity index (χ0n) is 14.6. The van der Waals surface area contributed by atoms with E-state index in [1.807, 2.05) is 6.92 Å². The fourth-order valence-electron chi connectivity index (χ4n) is 4.55. The zero-order valence-corrected chi connectivity index (χ0v) is 14.6. The van der Waals surface area contributed by atoms with Crippen LogP contribution >= 0.6 is 0 Å². The van der Waals surface area contributed by atoms with Gasteiger partial charge in [0.2, 0.25) is 5.79 Å². The van der Waals surface area contributed by atoms with Gasteiger partial charge in [-0.25, -0.2) is 9.78 Å². The maximum atomic E-state index is 6.11. The molecule has 6 unspecified atom stereocenters. The Morgan fingerprint density at radius 2 is 1.77 bits per heavy atom. The number of ether oxygens (including phenoxy) is 2. The summed E-state index contributed by atoms with van der Waals surface area (Å²) in [7, 11) is 0. The largest absolute Gasteiger partial charge is 0.349 e. The van der Waals surface area contributed by atoms with Gasteiger partial charge in [0.05, 0.1) is 6.61 Å². The molecule has 4 nitrogen and oxygen atoms in total. The minimum atomic E-state index is -0.616. The fraction of sp³-hybridized carbons (Fsp3) is 1.00. The Balaban J connectivity index is 0.000000325. The van der Waals surface area contributed by atoms with Crippen molar-refractivity contribution >= 4 is 0 Å². The van der Waals surface area contributed by atoms with Crippen LogP contribution < -0.4 is 0 Å². The Bertz CT molecular complexity index is 381. The molecule has 0 aromatic heterocycles. The molecule has 22 heavy (non-hydrogen) atoms. The van der Waals surface area contributed by atoms with Crippen molar-refractivity contribution in [3.8, 4) is 0 Å². The van der Waals surface area contributed by atoms with Crippen LogP contribution in [0.3, 0.4) is 0 Å². The standard InChI is InChI=1S/C14H22O4.C4H10/c1-9-3-4-10-6-8-15-12-14(10)11(9)5-7-13(2,16-12)17-18-14;1-3-4-2/h9-12H,3-8H2,1-2H3;3-4H2,1-2H3. The van der Waals surface area contributed by atoms with Crippen LogP contribution in [0.15, 0.2) is 0 Å². The van der Waals surface area contributed by atoms with E-state index in [1.54, 1.807) is 0 Å². The highest BCUT2D eigenvalue weighted by atomic mass is 17.3. The van der Waals surface area contributed by atoms with E-state index in [0.717, 1.165) is 25.9 Å². The van der Waals surface area contributed by atoms with Crippen LogP contribution in [0.5, 0.6) is 0 Å². The van der Waals surface area contributed by atoms with E-state index in [2.05, 4.69) is 20.8 Å². The lowest BCUT2D eigenvalue weighted by Gasteiger charge is -2.57. The molecule has 4 saturated heterocycles. The summed E-state index contributed by atoms with van der Waals surface area (Å²) in [5.41, 5.74) is -0.341. The number of rotatable bonds is 1. The number of fused-ring (bicyclic) bond motifs is 2. The molecule has 4 heteroatoms. The molecule has 1 spiro atoms. The maximum Gasteiger partial charge on any atom is 0.201 e. The molecular formula is C18H32O4. The van der Waals surface area contributed by atoms with Crippen LogP contribution in [0.1, 0.15) is 72.6 Å². The highest BCUT2D eigenvalue weighted by molar-refractivity contribution is 5.06. The van der Waals surface area contributed by atoms with E-state index in [9.17, 15) is 0 Å². The summed E-state index contributed by atoms with van der Waals surface area (Å²) in [5, 5.41) is 0. The molecule has 4 aliphatic heterocycles. The van der Waals surface area contributed by atoms with Gasteiger partial charge in [-0.3, -0.25) is 0 Å². The molecule has 128 valence electrons. The molecular weight excluding hydrogens is 280 g/mol. The van der Waals surface area contributed by atoms with E-state index in [0.29, 0.717) is 17.8 Å². The summed E-state index contributed by atoms with van der Waals surface area (Å²) in [4.78, 5) is 11.6.